The second-order valence-corrected chi connectivity index (χ2v) is 9.38. The fraction of sp³-hybridized carbons (Fsp3) is 0.400. The monoisotopic (exact) mass is 456 g/mol. The van der Waals surface area contributed by atoms with Gasteiger partial charge in [-0.15, -0.1) is 22.7 Å². The predicted molar refractivity (Wildman–Crippen MR) is 126 cm³/mol. The minimum absolute atomic E-state index is 0.306. The highest BCUT2D eigenvalue weighted by Crippen LogP contribution is 2.51. The molecule has 0 N–H and O–H groups in total. The second-order valence-electron chi connectivity index (χ2n) is 7.48. The van der Waals surface area contributed by atoms with Crippen molar-refractivity contribution < 1.29 is 19.0 Å². The molecule has 2 heterocycles. The molecule has 0 radical (unpaired) electrons. The van der Waals surface area contributed by atoms with Gasteiger partial charge in [-0.05, 0) is 78.4 Å². The van der Waals surface area contributed by atoms with Crippen molar-refractivity contribution in [2.45, 2.75) is 45.1 Å². The van der Waals surface area contributed by atoms with Crippen molar-refractivity contribution in [3.63, 3.8) is 0 Å². The number of fused-ring (bicyclic) bond motifs is 3. The summed E-state index contributed by atoms with van der Waals surface area (Å²) < 4.78 is 16.6. The molecule has 0 saturated heterocycles. The Hall–Kier alpha value is -2.15. The molecule has 0 amide bonds. The van der Waals surface area contributed by atoms with Gasteiger partial charge >= 0.3 is 5.97 Å². The topological polar surface area (TPSA) is 44.8 Å². The van der Waals surface area contributed by atoms with Gasteiger partial charge in [0.15, 0.2) is 6.10 Å². The number of thiophene rings is 2. The van der Waals surface area contributed by atoms with Crippen LogP contribution in [0, 0.1) is 0 Å². The smallest absolute Gasteiger partial charge is 0.335 e. The number of hydrogen-bond donors (Lipinski definition) is 0. The molecular weight excluding hydrogens is 428 g/mol. The van der Waals surface area contributed by atoms with Crippen molar-refractivity contribution >= 4 is 28.6 Å². The lowest BCUT2D eigenvalue weighted by Gasteiger charge is -2.16. The zero-order valence-electron chi connectivity index (χ0n) is 18.0. The van der Waals surface area contributed by atoms with Crippen LogP contribution in [0.4, 0.5) is 0 Å². The molecule has 1 unspecified atom stereocenters. The largest absolute Gasteiger partial charge is 0.494 e. The zero-order chi connectivity index (χ0) is 21.6. The minimum Gasteiger partial charge on any atom is -0.494 e. The lowest BCUT2D eigenvalue weighted by molar-refractivity contribution is -0.156. The van der Waals surface area contributed by atoms with Crippen molar-refractivity contribution in [2.24, 2.45) is 0 Å². The van der Waals surface area contributed by atoms with Crippen LogP contribution >= 0.6 is 22.7 Å². The molecule has 0 spiro atoms. The Morgan fingerprint density at radius 2 is 1.65 bits per heavy atom. The van der Waals surface area contributed by atoms with E-state index in [2.05, 4.69) is 22.9 Å². The highest BCUT2D eigenvalue weighted by Gasteiger charge is 2.30. The highest BCUT2D eigenvalue weighted by molar-refractivity contribution is 7.13. The molecule has 0 bridgehead atoms. The maximum Gasteiger partial charge on any atom is 0.335 e. The van der Waals surface area contributed by atoms with Gasteiger partial charge in [0.1, 0.15) is 5.75 Å². The number of carbonyl (C=O) groups is 1. The van der Waals surface area contributed by atoms with Crippen molar-refractivity contribution in [1.29, 1.82) is 0 Å². The summed E-state index contributed by atoms with van der Waals surface area (Å²) in [5.41, 5.74) is 3.88. The Morgan fingerprint density at radius 3 is 2.26 bits per heavy atom. The molecule has 4 rings (SSSR count). The van der Waals surface area contributed by atoms with E-state index in [4.69, 9.17) is 14.2 Å². The van der Waals surface area contributed by atoms with Crippen LogP contribution in [0.3, 0.4) is 0 Å². The molecule has 31 heavy (non-hydrogen) atoms. The first-order valence-corrected chi connectivity index (χ1v) is 12.6. The SMILES string of the molecule is CCOC(=O)C(Cc1ccc(OCCCC2c3sccc3-c3ccsc32)cc1)OCC. The zero-order valence-corrected chi connectivity index (χ0v) is 19.6. The van der Waals surface area contributed by atoms with E-state index in [1.165, 1.54) is 20.9 Å². The molecule has 164 valence electrons. The third kappa shape index (κ3) is 5.03. The summed E-state index contributed by atoms with van der Waals surface area (Å²) in [5.74, 6) is 1.07. The maximum atomic E-state index is 12.0. The molecule has 1 atom stereocenters. The molecule has 6 heteroatoms. The van der Waals surface area contributed by atoms with E-state index in [1.807, 2.05) is 53.9 Å². The molecular formula is C25H28O4S2. The van der Waals surface area contributed by atoms with Gasteiger partial charge in [0, 0.05) is 28.7 Å². The van der Waals surface area contributed by atoms with Crippen LogP contribution in [0.5, 0.6) is 5.75 Å². The van der Waals surface area contributed by atoms with Crippen LogP contribution in [-0.4, -0.2) is 31.9 Å². The van der Waals surface area contributed by atoms with Gasteiger partial charge in [-0.2, -0.15) is 0 Å². The first-order valence-electron chi connectivity index (χ1n) is 10.9. The molecule has 1 aliphatic rings. The summed E-state index contributed by atoms with van der Waals surface area (Å²) >= 11 is 3.75. The van der Waals surface area contributed by atoms with Crippen LogP contribution in [0.25, 0.3) is 11.1 Å². The summed E-state index contributed by atoms with van der Waals surface area (Å²) in [5, 5.41) is 4.41. The summed E-state index contributed by atoms with van der Waals surface area (Å²) in [4.78, 5) is 15.1. The molecule has 2 aromatic heterocycles. The average Bonchev–Trinajstić information content (AvgIpc) is 3.48. The van der Waals surface area contributed by atoms with Gasteiger partial charge < -0.3 is 14.2 Å². The molecule has 4 nitrogen and oxygen atoms in total. The van der Waals surface area contributed by atoms with Crippen molar-refractivity contribution in [2.75, 3.05) is 19.8 Å². The van der Waals surface area contributed by atoms with Crippen LogP contribution in [0.1, 0.15) is 47.9 Å². The van der Waals surface area contributed by atoms with Crippen LogP contribution in [0.2, 0.25) is 0 Å². The standard InChI is InChI=1S/C25H28O4S2/c1-3-27-22(25(26)28-4-2)16-17-7-9-18(10-8-17)29-13-5-6-21-23-19(11-14-30-23)20-12-15-31-24(20)21/h7-12,14-15,21-22H,3-6,13,16H2,1-2H3. The number of esters is 1. The van der Waals surface area contributed by atoms with Gasteiger partial charge in [-0.3, -0.25) is 0 Å². The Morgan fingerprint density at radius 1 is 0.968 bits per heavy atom. The first-order chi connectivity index (χ1) is 15.2. The second kappa shape index (κ2) is 10.4. The van der Waals surface area contributed by atoms with E-state index >= 15 is 0 Å². The summed E-state index contributed by atoms with van der Waals surface area (Å²) in [7, 11) is 0. The molecule has 0 aliphatic heterocycles. The fourth-order valence-electron chi connectivity index (χ4n) is 4.07. The quantitative estimate of drug-likeness (QED) is 0.251. The Labute approximate surface area is 191 Å². The van der Waals surface area contributed by atoms with E-state index in [0.717, 1.165) is 24.2 Å². The van der Waals surface area contributed by atoms with E-state index < -0.39 is 6.10 Å². The number of hydrogen-bond acceptors (Lipinski definition) is 6. The van der Waals surface area contributed by atoms with Gasteiger partial charge in [-0.1, -0.05) is 12.1 Å². The van der Waals surface area contributed by atoms with Crippen LogP contribution < -0.4 is 4.74 Å². The summed E-state index contributed by atoms with van der Waals surface area (Å²) in [6.45, 7) is 5.22. The third-order valence-corrected chi connectivity index (χ3v) is 7.54. The van der Waals surface area contributed by atoms with Gasteiger partial charge in [-0.25, -0.2) is 4.79 Å². The number of benzene rings is 1. The third-order valence-electron chi connectivity index (χ3n) is 5.48. The first kappa shape index (κ1) is 22.1. The lowest BCUT2D eigenvalue weighted by atomic mass is 10.0. The summed E-state index contributed by atoms with van der Waals surface area (Å²) in [6, 6.07) is 12.4. The van der Waals surface area contributed by atoms with Gasteiger partial charge in [0.2, 0.25) is 0 Å². The number of rotatable bonds is 11. The Kier molecular flexibility index (Phi) is 7.43. The normalized spacial score (nSPS) is 13.6. The summed E-state index contributed by atoms with van der Waals surface area (Å²) in [6.07, 6.45) is 2.05. The highest BCUT2D eigenvalue weighted by atomic mass is 32.1. The van der Waals surface area contributed by atoms with Crippen LogP contribution in [-0.2, 0) is 20.7 Å². The van der Waals surface area contributed by atoms with E-state index in [9.17, 15) is 4.79 Å². The number of ether oxygens (including phenoxy) is 3. The molecule has 1 aliphatic carbocycles. The number of carbonyl (C=O) groups excluding carboxylic acids is 1. The van der Waals surface area contributed by atoms with Gasteiger partial charge in [0.25, 0.3) is 0 Å². The Bertz CT molecular complexity index is 949. The lowest BCUT2D eigenvalue weighted by Crippen LogP contribution is -2.28. The molecule has 1 aromatic carbocycles. The molecule has 0 saturated carbocycles. The Balaban J connectivity index is 1.26. The van der Waals surface area contributed by atoms with Crippen molar-refractivity contribution in [3.05, 3.63) is 62.5 Å². The van der Waals surface area contributed by atoms with Crippen LogP contribution in [0.15, 0.2) is 47.2 Å². The minimum atomic E-state index is -0.563. The predicted octanol–water partition coefficient (Wildman–Crippen LogP) is 6.29. The molecule has 3 aromatic rings. The van der Waals surface area contributed by atoms with E-state index in [0.29, 0.717) is 32.2 Å². The van der Waals surface area contributed by atoms with E-state index in [1.54, 1.807) is 6.92 Å². The fourth-order valence-corrected chi connectivity index (χ4v) is 6.25. The maximum absolute atomic E-state index is 12.0. The average molecular weight is 457 g/mol. The van der Waals surface area contributed by atoms with E-state index in [-0.39, 0.29) is 5.97 Å². The van der Waals surface area contributed by atoms with Crippen molar-refractivity contribution in [1.82, 2.24) is 0 Å². The molecule has 0 fully saturated rings. The van der Waals surface area contributed by atoms with Gasteiger partial charge in [0.05, 0.1) is 13.2 Å². The van der Waals surface area contributed by atoms with Crippen molar-refractivity contribution in [3.8, 4) is 16.9 Å².